The van der Waals surface area contributed by atoms with Crippen LogP contribution in [0.2, 0.25) is 0 Å². The van der Waals surface area contributed by atoms with Crippen LogP contribution in [0.15, 0.2) is 58.4 Å². The van der Waals surface area contributed by atoms with Gasteiger partial charge in [0.15, 0.2) is 17.2 Å². The first-order valence-corrected chi connectivity index (χ1v) is 12.7. The van der Waals surface area contributed by atoms with Gasteiger partial charge in [-0.2, -0.15) is 5.10 Å². The molecule has 0 aliphatic carbocycles. The zero-order valence-corrected chi connectivity index (χ0v) is 21.1. The molecule has 1 fully saturated rings. The number of piperidine rings is 1. The second-order valence-electron chi connectivity index (χ2n) is 9.90. The van der Waals surface area contributed by atoms with Gasteiger partial charge in [0.2, 0.25) is 0 Å². The highest BCUT2D eigenvalue weighted by molar-refractivity contribution is 5.96. The minimum Gasteiger partial charge on any atom is -0.504 e. The molecule has 38 heavy (non-hydrogen) atoms. The van der Waals surface area contributed by atoms with Crippen molar-refractivity contribution in [2.45, 2.75) is 32.4 Å². The summed E-state index contributed by atoms with van der Waals surface area (Å²) in [5.41, 5.74) is 5.33. The number of amides is 1. The predicted octanol–water partition coefficient (Wildman–Crippen LogP) is 1.33. The molecule has 10 heteroatoms. The van der Waals surface area contributed by atoms with Crippen LogP contribution in [0.4, 0.5) is 0 Å². The van der Waals surface area contributed by atoms with Crippen molar-refractivity contribution in [1.82, 2.24) is 9.99 Å². The minimum absolute atomic E-state index is 0.0505. The summed E-state index contributed by atoms with van der Waals surface area (Å²) in [7, 11) is 0. The molecule has 2 aliphatic heterocycles. The number of phenolic OH excluding ortho intramolecular Hbond substituents is 3. The Balaban J connectivity index is 1.30. The van der Waals surface area contributed by atoms with Gasteiger partial charge in [0, 0.05) is 41.3 Å². The van der Waals surface area contributed by atoms with Crippen LogP contribution < -0.4 is 20.6 Å². The van der Waals surface area contributed by atoms with E-state index in [2.05, 4.69) is 16.6 Å². The van der Waals surface area contributed by atoms with Crippen molar-refractivity contribution in [2.75, 3.05) is 19.7 Å². The fourth-order valence-corrected chi connectivity index (χ4v) is 5.61. The number of phenols is 3. The van der Waals surface area contributed by atoms with Crippen LogP contribution in [-0.4, -0.2) is 51.7 Å². The van der Waals surface area contributed by atoms with Crippen LogP contribution in [0.3, 0.4) is 0 Å². The van der Waals surface area contributed by atoms with Crippen molar-refractivity contribution < 1.29 is 29.8 Å². The SMILES string of the molecule is CCOc1ccc(C=NNC(=O)c2cc(O)c(O)c(O)c2)cc1C[NH+]1CC2CC(C1)c1cccc(=O)n1C2. The van der Waals surface area contributed by atoms with Gasteiger partial charge in [-0.05, 0) is 55.3 Å². The first-order chi connectivity index (χ1) is 18.3. The molecule has 3 aromatic rings. The number of carbonyl (C=O) groups is 1. The summed E-state index contributed by atoms with van der Waals surface area (Å²) in [6.45, 7) is 5.92. The molecule has 198 valence electrons. The van der Waals surface area contributed by atoms with Crippen molar-refractivity contribution in [2.24, 2.45) is 11.0 Å². The number of pyridine rings is 1. The molecular formula is C28H31N4O6+. The van der Waals surface area contributed by atoms with Crippen molar-refractivity contribution in [3.8, 4) is 23.0 Å². The minimum atomic E-state index is -0.690. The summed E-state index contributed by atoms with van der Waals surface area (Å²) in [4.78, 5) is 26.1. The monoisotopic (exact) mass is 519 g/mol. The molecular weight excluding hydrogens is 488 g/mol. The van der Waals surface area contributed by atoms with Crippen LogP contribution >= 0.6 is 0 Å². The number of hydrazone groups is 1. The summed E-state index contributed by atoms with van der Waals surface area (Å²) in [5.74, 6) is -0.938. The largest absolute Gasteiger partial charge is 0.504 e. The van der Waals surface area contributed by atoms with E-state index in [9.17, 15) is 24.9 Å². The van der Waals surface area contributed by atoms with Crippen LogP contribution in [0.25, 0.3) is 0 Å². The number of hydrogen-bond acceptors (Lipinski definition) is 7. The zero-order chi connectivity index (χ0) is 26.8. The van der Waals surface area contributed by atoms with Gasteiger partial charge in [-0.15, -0.1) is 0 Å². The second kappa shape index (κ2) is 10.6. The lowest BCUT2D eigenvalue weighted by Gasteiger charge is -2.40. The van der Waals surface area contributed by atoms with Gasteiger partial charge in [0.25, 0.3) is 11.5 Å². The van der Waals surface area contributed by atoms with Gasteiger partial charge >= 0.3 is 0 Å². The smallest absolute Gasteiger partial charge is 0.271 e. The molecule has 2 aliphatic rings. The molecule has 3 atom stereocenters. The third-order valence-electron chi connectivity index (χ3n) is 7.21. The van der Waals surface area contributed by atoms with E-state index in [4.69, 9.17) is 4.74 Å². The van der Waals surface area contributed by atoms with Crippen LogP contribution in [0.5, 0.6) is 23.0 Å². The molecule has 3 heterocycles. The zero-order valence-electron chi connectivity index (χ0n) is 21.1. The van der Waals surface area contributed by atoms with Gasteiger partial charge in [-0.25, -0.2) is 5.43 Å². The Morgan fingerprint density at radius 3 is 2.71 bits per heavy atom. The molecule has 0 spiro atoms. The number of quaternary nitrogens is 1. The number of carbonyl (C=O) groups excluding carboxylic acids is 1. The molecule has 0 radical (unpaired) electrons. The van der Waals surface area contributed by atoms with Crippen molar-refractivity contribution >= 4 is 12.1 Å². The Morgan fingerprint density at radius 1 is 1.16 bits per heavy atom. The van der Waals surface area contributed by atoms with Gasteiger partial charge in [0.05, 0.1) is 25.9 Å². The van der Waals surface area contributed by atoms with E-state index in [1.54, 1.807) is 6.07 Å². The number of ether oxygens (including phenoxy) is 1. The molecule has 2 aromatic carbocycles. The molecule has 5 rings (SSSR count). The summed E-state index contributed by atoms with van der Waals surface area (Å²) in [6.07, 6.45) is 2.62. The van der Waals surface area contributed by atoms with E-state index >= 15 is 0 Å². The normalized spacial score (nSPS) is 20.2. The summed E-state index contributed by atoms with van der Waals surface area (Å²) >= 11 is 0. The number of nitrogens with zero attached hydrogens (tertiary/aromatic N) is 2. The molecule has 5 N–H and O–H groups in total. The third-order valence-corrected chi connectivity index (χ3v) is 7.21. The predicted molar refractivity (Wildman–Crippen MR) is 140 cm³/mol. The molecule has 0 saturated carbocycles. The molecule has 1 saturated heterocycles. The highest BCUT2D eigenvalue weighted by atomic mass is 16.5. The van der Waals surface area contributed by atoms with E-state index in [0.717, 1.165) is 67.3 Å². The number of aromatic nitrogens is 1. The lowest BCUT2D eigenvalue weighted by Crippen LogP contribution is -3.13. The lowest BCUT2D eigenvalue weighted by atomic mass is 9.83. The van der Waals surface area contributed by atoms with Crippen molar-refractivity contribution in [3.63, 3.8) is 0 Å². The average molecular weight is 520 g/mol. The third kappa shape index (κ3) is 5.21. The maximum Gasteiger partial charge on any atom is 0.271 e. The number of benzene rings is 2. The van der Waals surface area contributed by atoms with Crippen LogP contribution in [-0.2, 0) is 13.1 Å². The van der Waals surface area contributed by atoms with Gasteiger partial charge in [0.1, 0.15) is 12.3 Å². The fraction of sp³-hybridized carbons (Fsp3) is 0.321. The molecule has 2 bridgehead atoms. The number of rotatable bonds is 7. The van der Waals surface area contributed by atoms with E-state index in [1.807, 2.05) is 35.8 Å². The summed E-state index contributed by atoms with van der Waals surface area (Å²) in [6, 6.07) is 13.4. The van der Waals surface area contributed by atoms with E-state index < -0.39 is 23.2 Å². The van der Waals surface area contributed by atoms with Gasteiger partial charge < -0.3 is 29.5 Å². The van der Waals surface area contributed by atoms with Gasteiger partial charge in [-0.3, -0.25) is 9.59 Å². The van der Waals surface area contributed by atoms with Gasteiger partial charge in [-0.1, -0.05) is 6.07 Å². The maximum atomic E-state index is 12.4. The van der Waals surface area contributed by atoms with Crippen molar-refractivity contribution in [1.29, 1.82) is 0 Å². The topological polar surface area (TPSA) is 138 Å². The summed E-state index contributed by atoms with van der Waals surface area (Å²) < 4.78 is 7.83. The van der Waals surface area contributed by atoms with Crippen LogP contribution in [0.1, 0.15) is 46.4 Å². The lowest BCUT2D eigenvalue weighted by molar-refractivity contribution is -0.924. The van der Waals surface area contributed by atoms with Crippen LogP contribution in [0, 0.1) is 5.92 Å². The van der Waals surface area contributed by atoms with E-state index in [0.29, 0.717) is 18.4 Å². The second-order valence-corrected chi connectivity index (χ2v) is 9.90. The highest BCUT2D eigenvalue weighted by Gasteiger charge is 2.37. The maximum absolute atomic E-state index is 12.4. The first-order valence-electron chi connectivity index (χ1n) is 12.7. The number of nitrogens with one attached hydrogen (secondary N) is 2. The first kappa shape index (κ1) is 25.3. The standard InChI is InChI=1S/C28H30N4O6/c1-2-38-25-7-6-17(12-29-30-28(37)19-10-23(33)27(36)24(34)11-19)8-21(25)16-31-13-18-9-20(15-31)22-4-3-5-26(35)32(22)14-18/h3-8,10-12,18,20,33-34,36H,2,9,13-16H2,1H3,(H,30,37)/p+1. The Bertz CT molecular complexity index is 1430. The molecule has 1 aromatic heterocycles. The van der Waals surface area contributed by atoms with E-state index in [1.165, 1.54) is 11.1 Å². The summed E-state index contributed by atoms with van der Waals surface area (Å²) in [5, 5.41) is 32.7. The Hall–Kier alpha value is -4.31. The Morgan fingerprint density at radius 2 is 1.95 bits per heavy atom. The number of likely N-dealkylation sites (tertiary alicyclic amines) is 1. The quantitative estimate of drug-likeness (QED) is 0.181. The average Bonchev–Trinajstić information content (AvgIpc) is 2.89. The van der Waals surface area contributed by atoms with Crippen molar-refractivity contribution in [3.05, 3.63) is 81.3 Å². The Kier molecular flexibility index (Phi) is 7.06. The molecule has 3 unspecified atom stereocenters. The molecule has 1 amide bonds. The van der Waals surface area contributed by atoms with E-state index in [-0.39, 0.29) is 11.1 Å². The fourth-order valence-electron chi connectivity index (χ4n) is 5.61. The molecule has 10 nitrogen and oxygen atoms in total. The number of aromatic hydroxyl groups is 3. The Labute approximate surface area is 219 Å². The number of fused-ring (bicyclic) bond motifs is 4. The number of hydrogen-bond donors (Lipinski definition) is 5. The highest BCUT2D eigenvalue weighted by Crippen LogP contribution is 2.35.